The maximum Gasteiger partial charge on any atom is 0.133 e. The minimum atomic E-state index is 0.703. The molecule has 1 aliphatic carbocycles. The van der Waals surface area contributed by atoms with Crippen LogP contribution in [0.3, 0.4) is 0 Å². The molecule has 4 nitrogen and oxygen atoms in total. The van der Waals surface area contributed by atoms with Crippen LogP contribution in [0.1, 0.15) is 18.5 Å². The second-order valence-electron chi connectivity index (χ2n) is 5.40. The zero-order chi connectivity index (χ0) is 14.7. The van der Waals surface area contributed by atoms with Crippen molar-refractivity contribution in [1.82, 2.24) is 10.3 Å². The highest BCUT2D eigenvalue weighted by Crippen LogP contribution is 2.24. The summed E-state index contributed by atoms with van der Waals surface area (Å²) in [6.45, 7) is 0.842. The fourth-order valence-corrected chi connectivity index (χ4v) is 2.23. The summed E-state index contributed by atoms with van der Waals surface area (Å²) < 4.78 is 5.19. The number of rotatable bonds is 6. The van der Waals surface area contributed by atoms with E-state index in [9.17, 15) is 0 Å². The molecule has 1 aromatic heterocycles. The van der Waals surface area contributed by atoms with Gasteiger partial charge in [-0.15, -0.1) is 0 Å². The van der Waals surface area contributed by atoms with Gasteiger partial charge < -0.3 is 15.0 Å². The zero-order valence-electron chi connectivity index (χ0n) is 12.5. The Hall–Kier alpha value is -2.07. The lowest BCUT2D eigenvalue weighted by Crippen LogP contribution is -2.17. The molecule has 1 saturated carbocycles. The quantitative estimate of drug-likeness (QED) is 0.884. The standard InChI is InChI=1S/C17H21N3O/c1-20(15-8-10-16(21-2)11-9-15)17-5-3-4-14(19-17)12-18-13-6-7-13/h3-5,8-11,13,18H,6-7,12H2,1-2H3. The van der Waals surface area contributed by atoms with Crippen LogP contribution in [0, 0.1) is 0 Å². The van der Waals surface area contributed by atoms with Crippen LogP contribution in [0.4, 0.5) is 11.5 Å². The summed E-state index contributed by atoms with van der Waals surface area (Å²) in [5, 5.41) is 3.50. The highest BCUT2D eigenvalue weighted by molar-refractivity contribution is 5.60. The van der Waals surface area contributed by atoms with Crippen molar-refractivity contribution in [2.75, 3.05) is 19.1 Å². The Morgan fingerprint density at radius 1 is 1.19 bits per heavy atom. The number of nitrogens with zero attached hydrogens (tertiary/aromatic N) is 2. The fourth-order valence-electron chi connectivity index (χ4n) is 2.23. The molecule has 0 aliphatic heterocycles. The van der Waals surface area contributed by atoms with E-state index < -0.39 is 0 Å². The lowest BCUT2D eigenvalue weighted by atomic mass is 10.2. The van der Waals surface area contributed by atoms with Gasteiger partial charge >= 0.3 is 0 Å². The number of benzene rings is 1. The van der Waals surface area contributed by atoms with Gasteiger partial charge in [0.05, 0.1) is 12.8 Å². The van der Waals surface area contributed by atoms with Crippen LogP contribution in [0.15, 0.2) is 42.5 Å². The molecule has 0 radical (unpaired) electrons. The minimum absolute atomic E-state index is 0.703. The van der Waals surface area contributed by atoms with Crippen molar-refractivity contribution in [1.29, 1.82) is 0 Å². The van der Waals surface area contributed by atoms with Crippen LogP contribution in [0.5, 0.6) is 5.75 Å². The molecule has 0 saturated heterocycles. The largest absolute Gasteiger partial charge is 0.497 e. The summed E-state index contributed by atoms with van der Waals surface area (Å²) in [5.41, 5.74) is 2.18. The molecule has 2 aromatic rings. The molecule has 1 aromatic carbocycles. The molecular weight excluding hydrogens is 262 g/mol. The van der Waals surface area contributed by atoms with E-state index in [1.54, 1.807) is 7.11 Å². The first-order valence-corrected chi connectivity index (χ1v) is 7.33. The Labute approximate surface area is 125 Å². The molecule has 0 atom stereocenters. The van der Waals surface area contributed by atoms with Gasteiger partial charge in [0.25, 0.3) is 0 Å². The van der Waals surface area contributed by atoms with Gasteiger partial charge in [-0.2, -0.15) is 0 Å². The van der Waals surface area contributed by atoms with Gasteiger partial charge in [-0.1, -0.05) is 6.07 Å². The lowest BCUT2D eigenvalue weighted by molar-refractivity contribution is 0.415. The molecule has 1 N–H and O–H groups in total. The topological polar surface area (TPSA) is 37.4 Å². The van der Waals surface area contributed by atoms with Crippen LogP contribution in [-0.4, -0.2) is 25.2 Å². The number of pyridine rings is 1. The molecule has 3 rings (SSSR count). The van der Waals surface area contributed by atoms with Gasteiger partial charge in [0, 0.05) is 25.3 Å². The van der Waals surface area contributed by atoms with Crippen LogP contribution in [0.2, 0.25) is 0 Å². The van der Waals surface area contributed by atoms with Crippen molar-refractivity contribution in [2.45, 2.75) is 25.4 Å². The Bertz CT molecular complexity index is 593. The smallest absolute Gasteiger partial charge is 0.133 e. The summed E-state index contributed by atoms with van der Waals surface area (Å²) in [6.07, 6.45) is 2.59. The second-order valence-corrected chi connectivity index (χ2v) is 5.40. The number of nitrogens with one attached hydrogen (secondary N) is 1. The molecule has 1 aliphatic rings. The zero-order valence-corrected chi connectivity index (χ0v) is 12.5. The van der Waals surface area contributed by atoms with E-state index in [1.165, 1.54) is 12.8 Å². The van der Waals surface area contributed by atoms with Crippen molar-refractivity contribution < 1.29 is 4.74 Å². The third kappa shape index (κ3) is 3.52. The molecule has 110 valence electrons. The van der Waals surface area contributed by atoms with Crippen molar-refractivity contribution in [3.8, 4) is 5.75 Å². The van der Waals surface area contributed by atoms with Crippen LogP contribution in [0.25, 0.3) is 0 Å². The first-order valence-electron chi connectivity index (χ1n) is 7.33. The number of hydrogen-bond acceptors (Lipinski definition) is 4. The molecule has 21 heavy (non-hydrogen) atoms. The highest BCUT2D eigenvalue weighted by Gasteiger charge is 2.20. The van der Waals surface area contributed by atoms with Gasteiger partial charge in [-0.25, -0.2) is 4.98 Å². The number of aromatic nitrogens is 1. The Morgan fingerprint density at radius 2 is 1.95 bits per heavy atom. The molecule has 1 heterocycles. The van der Waals surface area contributed by atoms with E-state index in [2.05, 4.69) is 22.3 Å². The minimum Gasteiger partial charge on any atom is -0.497 e. The van der Waals surface area contributed by atoms with Gasteiger partial charge in [0.1, 0.15) is 11.6 Å². The van der Waals surface area contributed by atoms with Crippen LogP contribution >= 0.6 is 0 Å². The summed E-state index contributed by atoms with van der Waals surface area (Å²) in [4.78, 5) is 6.81. The van der Waals surface area contributed by atoms with Crippen LogP contribution in [-0.2, 0) is 6.54 Å². The number of methoxy groups -OCH3 is 1. The molecule has 1 fully saturated rings. The van der Waals surface area contributed by atoms with E-state index in [4.69, 9.17) is 9.72 Å². The van der Waals surface area contributed by atoms with Gasteiger partial charge in [0.2, 0.25) is 0 Å². The third-order valence-electron chi connectivity index (χ3n) is 3.74. The highest BCUT2D eigenvalue weighted by atomic mass is 16.5. The number of ether oxygens (including phenoxy) is 1. The molecule has 0 unspecified atom stereocenters. The van der Waals surface area contributed by atoms with Crippen molar-refractivity contribution in [2.24, 2.45) is 0 Å². The second kappa shape index (κ2) is 6.14. The van der Waals surface area contributed by atoms with Gasteiger partial charge in [0.15, 0.2) is 0 Å². The SMILES string of the molecule is COc1ccc(N(C)c2cccc(CNC3CC3)n2)cc1. The average molecular weight is 283 g/mol. The lowest BCUT2D eigenvalue weighted by Gasteiger charge is -2.19. The summed E-state index contributed by atoms with van der Waals surface area (Å²) in [5.74, 6) is 1.82. The Balaban J connectivity index is 1.72. The van der Waals surface area contributed by atoms with E-state index in [1.807, 2.05) is 37.4 Å². The number of hydrogen-bond donors (Lipinski definition) is 1. The number of anilines is 2. The van der Waals surface area contributed by atoms with E-state index in [0.717, 1.165) is 29.5 Å². The van der Waals surface area contributed by atoms with E-state index in [0.29, 0.717) is 6.04 Å². The monoisotopic (exact) mass is 283 g/mol. The molecule has 0 amide bonds. The third-order valence-corrected chi connectivity index (χ3v) is 3.74. The average Bonchev–Trinajstić information content (AvgIpc) is 3.37. The fraction of sp³-hybridized carbons (Fsp3) is 0.353. The van der Waals surface area contributed by atoms with E-state index >= 15 is 0 Å². The Kier molecular flexibility index (Phi) is 4.06. The Morgan fingerprint density at radius 3 is 2.62 bits per heavy atom. The predicted octanol–water partition coefficient (Wildman–Crippen LogP) is 3.11. The molecule has 4 heteroatoms. The van der Waals surface area contributed by atoms with Crippen molar-refractivity contribution >= 4 is 11.5 Å². The molecule has 0 bridgehead atoms. The first-order chi connectivity index (χ1) is 10.3. The molecule has 0 spiro atoms. The maximum atomic E-state index is 5.19. The van der Waals surface area contributed by atoms with Gasteiger partial charge in [-0.05, 0) is 49.2 Å². The predicted molar refractivity (Wildman–Crippen MR) is 85.2 cm³/mol. The van der Waals surface area contributed by atoms with Crippen LogP contribution < -0.4 is 15.0 Å². The summed E-state index contributed by atoms with van der Waals surface area (Å²) in [6, 6.07) is 14.9. The summed E-state index contributed by atoms with van der Waals surface area (Å²) in [7, 11) is 3.71. The molecular formula is C17H21N3O. The summed E-state index contributed by atoms with van der Waals surface area (Å²) >= 11 is 0. The first kappa shape index (κ1) is 13.9. The van der Waals surface area contributed by atoms with Crippen molar-refractivity contribution in [3.05, 3.63) is 48.2 Å². The van der Waals surface area contributed by atoms with Crippen molar-refractivity contribution in [3.63, 3.8) is 0 Å². The van der Waals surface area contributed by atoms with Gasteiger partial charge in [-0.3, -0.25) is 0 Å². The van der Waals surface area contributed by atoms with E-state index in [-0.39, 0.29) is 0 Å². The maximum absolute atomic E-state index is 5.19. The normalized spacial score (nSPS) is 14.0.